The van der Waals surface area contributed by atoms with Crippen LogP contribution in [0.1, 0.15) is 17.4 Å². The van der Waals surface area contributed by atoms with Crippen molar-refractivity contribution in [1.82, 2.24) is 19.7 Å². The molecule has 6 heteroatoms. The minimum absolute atomic E-state index is 0.328. The highest BCUT2D eigenvalue weighted by atomic mass is 16.5. The lowest BCUT2D eigenvalue weighted by molar-refractivity contribution is 0.0513. The minimum Gasteiger partial charge on any atom is -0.461 e. The highest BCUT2D eigenvalue weighted by molar-refractivity contribution is 5.89. The average Bonchev–Trinajstić information content (AvgIpc) is 2.98. The normalized spacial score (nSPS) is 10.5. The fraction of sp³-hybridized carbons (Fsp3) is 0.176. The number of carbonyl (C=O) groups excluding carboxylic acids is 1. The summed E-state index contributed by atoms with van der Waals surface area (Å²) >= 11 is 0. The van der Waals surface area contributed by atoms with Crippen LogP contribution in [-0.4, -0.2) is 32.3 Å². The molecule has 2 aromatic heterocycles. The molecule has 2 heterocycles. The number of carbonyl (C=O) groups is 1. The Balaban J connectivity index is 1.88. The predicted octanol–water partition coefficient (Wildman–Crippen LogP) is 2.72. The van der Waals surface area contributed by atoms with Crippen molar-refractivity contribution >= 4 is 5.97 Å². The maximum atomic E-state index is 11.8. The second-order valence-electron chi connectivity index (χ2n) is 4.92. The number of aromatic nitrogens is 4. The van der Waals surface area contributed by atoms with Gasteiger partial charge in [-0.05, 0) is 13.0 Å². The zero-order valence-electron chi connectivity index (χ0n) is 12.9. The Labute approximate surface area is 133 Å². The van der Waals surface area contributed by atoms with Gasteiger partial charge < -0.3 is 4.74 Å². The van der Waals surface area contributed by atoms with Gasteiger partial charge in [-0.2, -0.15) is 5.10 Å². The summed E-state index contributed by atoms with van der Waals surface area (Å²) in [4.78, 5) is 20.6. The van der Waals surface area contributed by atoms with Gasteiger partial charge in [-0.25, -0.2) is 14.8 Å². The molecule has 3 aromatic rings. The summed E-state index contributed by atoms with van der Waals surface area (Å²) < 4.78 is 6.50. The van der Waals surface area contributed by atoms with Crippen LogP contribution in [0.25, 0.3) is 22.6 Å². The van der Waals surface area contributed by atoms with Gasteiger partial charge in [-0.15, -0.1) is 0 Å². The fourth-order valence-corrected chi connectivity index (χ4v) is 2.20. The Morgan fingerprint density at radius 2 is 1.83 bits per heavy atom. The Kier molecular flexibility index (Phi) is 4.14. The summed E-state index contributed by atoms with van der Waals surface area (Å²) in [5, 5.41) is 4.32. The van der Waals surface area contributed by atoms with Gasteiger partial charge >= 0.3 is 5.97 Å². The van der Waals surface area contributed by atoms with Crippen LogP contribution >= 0.6 is 0 Å². The largest absolute Gasteiger partial charge is 0.461 e. The summed E-state index contributed by atoms with van der Waals surface area (Å²) in [6.45, 7) is 2.10. The van der Waals surface area contributed by atoms with Gasteiger partial charge in [0, 0.05) is 30.6 Å². The molecule has 3 rings (SSSR count). The summed E-state index contributed by atoms with van der Waals surface area (Å²) in [6, 6.07) is 11.4. The SMILES string of the molecule is CCOC(=O)c1cc(-c2cnc(-c3ccccc3)nc2)nn1C. The molecule has 0 atom stereocenters. The van der Waals surface area contributed by atoms with E-state index < -0.39 is 5.97 Å². The van der Waals surface area contributed by atoms with Crippen molar-refractivity contribution in [2.24, 2.45) is 7.05 Å². The molecule has 0 spiro atoms. The second-order valence-corrected chi connectivity index (χ2v) is 4.92. The van der Waals surface area contributed by atoms with E-state index in [2.05, 4.69) is 15.1 Å². The molecule has 0 aliphatic rings. The molecule has 0 bridgehead atoms. The maximum Gasteiger partial charge on any atom is 0.356 e. The van der Waals surface area contributed by atoms with E-state index in [0.29, 0.717) is 23.8 Å². The van der Waals surface area contributed by atoms with Gasteiger partial charge in [0.15, 0.2) is 5.82 Å². The van der Waals surface area contributed by atoms with E-state index in [-0.39, 0.29) is 0 Å². The monoisotopic (exact) mass is 308 g/mol. The van der Waals surface area contributed by atoms with Crippen molar-refractivity contribution in [3.8, 4) is 22.6 Å². The summed E-state index contributed by atoms with van der Waals surface area (Å²) in [6.07, 6.45) is 3.40. The van der Waals surface area contributed by atoms with Crippen LogP contribution in [0.15, 0.2) is 48.8 Å². The number of esters is 1. The molecule has 0 aliphatic carbocycles. The minimum atomic E-state index is -0.393. The zero-order valence-corrected chi connectivity index (χ0v) is 12.9. The fourth-order valence-electron chi connectivity index (χ4n) is 2.20. The van der Waals surface area contributed by atoms with Gasteiger partial charge in [0.1, 0.15) is 5.69 Å². The molecule has 0 N–H and O–H groups in total. The molecule has 0 saturated carbocycles. The average molecular weight is 308 g/mol. The molecule has 0 unspecified atom stereocenters. The lowest BCUT2D eigenvalue weighted by atomic mass is 10.2. The van der Waals surface area contributed by atoms with Crippen molar-refractivity contribution < 1.29 is 9.53 Å². The van der Waals surface area contributed by atoms with Crippen LogP contribution in [0.5, 0.6) is 0 Å². The number of hydrogen-bond donors (Lipinski definition) is 0. The van der Waals surface area contributed by atoms with E-state index in [9.17, 15) is 4.79 Å². The summed E-state index contributed by atoms with van der Waals surface area (Å²) in [5.74, 6) is 0.256. The van der Waals surface area contributed by atoms with Gasteiger partial charge in [0.05, 0.1) is 12.3 Å². The van der Waals surface area contributed by atoms with E-state index in [4.69, 9.17) is 4.74 Å². The number of nitrogens with zero attached hydrogens (tertiary/aromatic N) is 4. The first kappa shape index (κ1) is 14.9. The van der Waals surface area contributed by atoms with Gasteiger partial charge in [-0.1, -0.05) is 30.3 Å². The second kappa shape index (κ2) is 6.39. The van der Waals surface area contributed by atoms with Crippen molar-refractivity contribution in [2.75, 3.05) is 6.61 Å². The molecule has 23 heavy (non-hydrogen) atoms. The first-order valence-electron chi connectivity index (χ1n) is 7.28. The Morgan fingerprint density at radius 3 is 2.48 bits per heavy atom. The quantitative estimate of drug-likeness (QED) is 0.693. The standard InChI is InChI=1S/C17H16N4O2/c1-3-23-17(22)15-9-14(20-21(15)2)13-10-18-16(19-11-13)12-7-5-4-6-8-12/h4-11H,3H2,1-2H3. The molecule has 0 saturated heterocycles. The van der Waals surface area contributed by atoms with Crippen LogP contribution in [0.4, 0.5) is 0 Å². The molecule has 116 valence electrons. The highest BCUT2D eigenvalue weighted by Gasteiger charge is 2.15. The highest BCUT2D eigenvalue weighted by Crippen LogP contribution is 2.20. The Morgan fingerprint density at radius 1 is 1.13 bits per heavy atom. The van der Waals surface area contributed by atoms with E-state index in [0.717, 1.165) is 11.1 Å². The van der Waals surface area contributed by atoms with Crippen molar-refractivity contribution in [2.45, 2.75) is 6.92 Å². The lowest BCUT2D eigenvalue weighted by Crippen LogP contribution is -2.10. The van der Waals surface area contributed by atoms with E-state index in [1.165, 1.54) is 4.68 Å². The van der Waals surface area contributed by atoms with E-state index in [1.54, 1.807) is 32.4 Å². The molecular weight excluding hydrogens is 292 g/mol. The van der Waals surface area contributed by atoms with Crippen LogP contribution < -0.4 is 0 Å². The molecule has 1 aromatic carbocycles. The molecule has 0 amide bonds. The number of rotatable bonds is 4. The van der Waals surface area contributed by atoms with Gasteiger partial charge in [0.2, 0.25) is 0 Å². The predicted molar refractivity (Wildman–Crippen MR) is 85.6 cm³/mol. The number of ether oxygens (including phenoxy) is 1. The molecule has 0 fully saturated rings. The van der Waals surface area contributed by atoms with Crippen LogP contribution in [-0.2, 0) is 11.8 Å². The van der Waals surface area contributed by atoms with Gasteiger partial charge in [-0.3, -0.25) is 4.68 Å². The van der Waals surface area contributed by atoms with Crippen LogP contribution in [0, 0.1) is 0 Å². The molecular formula is C17H16N4O2. The topological polar surface area (TPSA) is 69.9 Å². The number of aryl methyl sites for hydroxylation is 1. The summed E-state index contributed by atoms with van der Waals surface area (Å²) in [7, 11) is 1.70. The third-order valence-electron chi connectivity index (χ3n) is 3.34. The van der Waals surface area contributed by atoms with Crippen LogP contribution in [0.2, 0.25) is 0 Å². The smallest absolute Gasteiger partial charge is 0.356 e. The van der Waals surface area contributed by atoms with Gasteiger partial charge in [0.25, 0.3) is 0 Å². The first-order valence-corrected chi connectivity index (χ1v) is 7.28. The zero-order chi connectivity index (χ0) is 16.2. The number of hydrogen-bond acceptors (Lipinski definition) is 5. The summed E-state index contributed by atoms with van der Waals surface area (Å²) in [5.41, 5.74) is 2.73. The lowest BCUT2D eigenvalue weighted by Gasteiger charge is -2.00. The van der Waals surface area contributed by atoms with E-state index in [1.807, 2.05) is 30.3 Å². The third kappa shape index (κ3) is 3.11. The maximum absolute atomic E-state index is 11.8. The molecule has 6 nitrogen and oxygen atoms in total. The first-order chi connectivity index (χ1) is 11.2. The van der Waals surface area contributed by atoms with Crippen molar-refractivity contribution in [3.05, 3.63) is 54.5 Å². The molecule has 0 aliphatic heterocycles. The van der Waals surface area contributed by atoms with Crippen molar-refractivity contribution in [3.63, 3.8) is 0 Å². The Bertz CT molecular complexity index is 810. The van der Waals surface area contributed by atoms with E-state index >= 15 is 0 Å². The molecule has 0 radical (unpaired) electrons. The number of benzene rings is 1. The van der Waals surface area contributed by atoms with Crippen molar-refractivity contribution in [1.29, 1.82) is 0 Å². The Hall–Kier alpha value is -3.02. The third-order valence-corrected chi connectivity index (χ3v) is 3.34. The van der Waals surface area contributed by atoms with Crippen LogP contribution in [0.3, 0.4) is 0 Å².